The van der Waals surface area contributed by atoms with Crippen LogP contribution in [-0.4, -0.2) is 60.2 Å². The molecule has 10 heteroatoms. The Labute approximate surface area is 220 Å². The molecular weight excluding hydrogens is 488 g/mol. The van der Waals surface area contributed by atoms with Gasteiger partial charge in [-0.15, -0.1) is 0 Å². The molecule has 1 aliphatic heterocycles. The van der Waals surface area contributed by atoms with Gasteiger partial charge in [-0.3, -0.25) is 15.0 Å². The van der Waals surface area contributed by atoms with Crippen molar-refractivity contribution in [1.29, 1.82) is 5.41 Å². The Morgan fingerprint density at radius 2 is 1.87 bits per heavy atom. The van der Waals surface area contributed by atoms with Crippen LogP contribution in [0.2, 0.25) is 0 Å². The zero-order chi connectivity index (χ0) is 27.8. The average molecular weight is 521 g/mol. The van der Waals surface area contributed by atoms with Crippen molar-refractivity contribution in [3.05, 3.63) is 58.0 Å². The molecule has 1 aliphatic rings. The maximum atomic E-state index is 13.5. The number of oxazole rings is 1. The summed E-state index contributed by atoms with van der Waals surface area (Å²) < 4.78 is 16.4. The highest BCUT2D eigenvalue weighted by atomic mass is 16.5. The van der Waals surface area contributed by atoms with Gasteiger partial charge in [0.05, 0.1) is 25.3 Å². The van der Waals surface area contributed by atoms with Gasteiger partial charge in [0.2, 0.25) is 0 Å². The topological polar surface area (TPSA) is 135 Å². The number of fused-ring (bicyclic) bond motifs is 2. The fourth-order valence-electron chi connectivity index (χ4n) is 4.45. The minimum Gasteiger partial charge on any atom is -0.493 e. The molecule has 0 bridgehead atoms. The summed E-state index contributed by atoms with van der Waals surface area (Å²) in [4.78, 5) is 44.0. The lowest BCUT2D eigenvalue weighted by molar-refractivity contribution is 0.0483. The molecule has 10 nitrogen and oxygen atoms in total. The second-order valence-electron chi connectivity index (χ2n) is 10.0. The minimum absolute atomic E-state index is 0.0511. The number of amides is 1. The van der Waals surface area contributed by atoms with E-state index in [2.05, 4.69) is 10.3 Å². The maximum Gasteiger partial charge on any atom is 0.394 e. The summed E-state index contributed by atoms with van der Waals surface area (Å²) in [5.41, 5.74) is 3.29. The minimum atomic E-state index is -0.665. The molecule has 0 saturated carbocycles. The van der Waals surface area contributed by atoms with E-state index in [0.29, 0.717) is 46.7 Å². The monoisotopic (exact) mass is 520 g/mol. The number of esters is 1. The van der Waals surface area contributed by atoms with Crippen LogP contribution in [0.4, 0.5) is 0 Å². The van der Waals surface area contributed by atoms with Gasteiger partial charge < -0.3 is 24.1 Å². The molecule has 3 aromatic rings. The number of ether oxygens (including phenoxy) is 2. The summed E-state index contributed by atoms with van der Waals surface area (Å²) in [7, 11) is 1.54. The van der Waals surface area contributed by atoms with Gasteiger partial charge in [-0.05, 0) is 49.1 Å². The number of benzene rings is 2. The average Bonchev–Trinajstić information content (AvgIpc) is 3.43. The number of nitrogens with one attached hydrogen (secondary N) is 2. The number of nitrogens with zero attached hydrogens (tertiary/aromatic N) is 2. The highest BCUT2D eigenvalue weighted by molar-refractivity contribution is 6.08. The van der Waals surface area contributed by atoms with E-state index in [9.17, 15) is 14.4 Å². The number of amidine groups is 1. The smallest absolute Gasteiger partial charge is 0.394 e. The fraction of sp³-hybridized carbons (Fsp3) is 0.393. The van der Waals surface area contributed by atoms with Gasteiger partial charge in [-0.25, -0.2) is 9.78 Å². The molecule has 2 N–H and O–H groups in total. The summed E-state index contributed by atoms with van der Waals surface area (Å²) in [6.45, 7) is 10.3. The first-order valence-corrected chi connectivity index (χ1v) is 12.5. The molecule has 2 aromatic carbocycles. The molecule has 0 atom stereocenters. The molecule has 2 heterocycles. The number of hydrogen-bond donors (Lipinski definition) is 2. The SMILES string of the molecule is CCOC(=O)c1nc2cc(C(=O)CN3Cc4cc(OCC)c(C(=O)NC)cc4C3=N)cc(C(C)(C)C)c2o1. The molecule has 0 fully saturated rings. The Morgan fingerprint density at radius 1 is 1.13 bits per heavy atom. The Hall–Kier alpha value is -4.21. The van der Waals surface area contributed by atoms with Crippen LogP contribution in [0.3, 0.4) is 0 Å². The van der Waals surface area contributed by atoms with Gasteiger partial charge in [0.25, 0.3) is 5.91 Å². The van der Waals surface area contributed by atoms with E-state index >= 15 is 0 Å². The molecule has 0 saturated heterocycles. The predicted molar refractivity (Wildman–Crippen MR) is 141 cm³/mol. The normalized spacial score (nSPS) is 13.0. The largest absolute Gasteiger partial charge is 0.493 e. The lowest BCUT2D eigenvalue weighted by atomic mass is 9.85. The number of carbonyl (C=O) groups is 3. The van der Waals surface area contributed by atoms with Crippen LogP contribution in [0.5, 0.6) is 5.75 Å². The molecule has 0 spiro atoms. The first-order chi connectivity index (χ1) is 18.0. The van der Waals surface area contributed by atoms with E-state index in [1.54, 1.807) is 36.1 Å². The molecule has 1 aromatic heterocycles. The second kappa shape index (κ2) is 10.3. The number of carbonyl (C=O) groups excluding carboxylic acids is 3. The van der Waals surface area contributed by atoms with Crippen molar-refractivity contribution in [1.82, 2.24) is 15.2 Å². The Morgan fingerprint density at radius 3 is 2.50 bits per heavy atom. The van der Waals surface area contributed by atoms with Crippen molar-refractivity contribution in [2.75, 3.05) is 26.8 Å². The van der Waals surface area contributed by atoms with E-state index in [-0.39, 0.29) is 36.6 Å². The van der Waals surface area contributed by atoms with Crippen LogP contribution in [0.1, 0.15) is 82.7 Å². The first-order valence-electron chi connectivity index (χ1n) is 12.5. The van der Waals surface area contributed by atoms with Crippen molar-refractivity contribution in [2.24, 2.45) is 0 Å². The van der Waals surface area contributed by atoms with Gasteiger partial charge in [0.1, 0.15) is 17.1 Å². The lowest BCUT2D eigenvalue weighted by Crippen LogP contribution is -2.30. The van der Waals surface area contributed by atoms with Gasteiger partial charge in [0, 0.05) is 30.3 Å². The number of rotatable bonds is 8. The number of ketones is 1. The molecular formula is C28H32N4O6. The standard InChI is InChI=1S/C28H32N4O6/c1-7-36-22-11-16-13-32(24(29)17(16)12-18(22)25(34)30-6)14-21(33)15-9-19(28(3,4)5)23-20(10-15)31-26(38-23)27(35)37-8-2/h9-12,29H,7-8,13-14H2,1-6H3,(H,30,34). The van der Waals surface area contributed by atoms with Gasteiger partial charge in [-0.1, -0.05) is 20.8 Å². The summed E-state index contributed by atoms with van der Waals surface area (Å²) >= 11 is 0. The van der Waals surface area contributed by atoms with Crippen LogP contribution in [0.15, 0.2) is 28.7 Å². The third-order valence-electron chi connectivity index (χ3n) is 6.31. The van der Waals surface area contributed by atoms with E-state index in [1.165, 1.54) is 7.05 Å². The van der Waals surface area contributed by atoms with Gasteiger partial charge in [0.15, 0.2) is 11.4 Å². The lowest BCUT2D eigenvalue weighted by Gasteiger charge is -2.21. The Bertz CT molecular complexity index is 1450. The van der Waals surface area contributed by atoms with Crippen molar-refractivity contribution in [3.8, 4) is 5.75 Å². The van der Waals surface area contributed by atoms with Crippen molar-refractivity contribution >= 4 is 34.6 Å². The molecule has 4 rings (SSSR count). The van der Waals surface area contributed by atoms with E-state index in [0.717, 1.165) is 11.1 Å². The molecule has 0 radical (unpaired) electrons. The summed E-state index contributed by atoms with van der Waals surface area (Å²) in [6, 6.07) is 6.76. The Kier molecular flexibility index (Phi) is 7.26. The molecule has 200 valence electrons. The highest BCUT2D eigenvalue weighted by Gasteiger charge is 2.31. The third kappa shape index (κ3) is 4.98. The van der Waals surface area contributed by atoms with E-state index in [1.807, 2.05) is 27.7 Å². The zero-order valence-electron chi connectivity index (χ0n) is 22.5. The van der Waals surface area contributed by atoms with Crippen molar-refractivity contribution < 1.29 is 28.3 Å². The molecule has 0 aliphatic carbocycles. The zero-order valence-corrected chi connectivity index (χ0v) is 22.5. The van der Waals surface area contributed by atoms with Crippen LogP contribution < -0.4 is 10.1 Å². The maximum absolute atomic E-state index is 13.5. The molecule has 0 unspecified atom stereocenters. The molecule has 38 heavy (non-hydrogen) atoms. The summed E-state index contributed by atoms with van der Waals surface area (Å²) in [5.74, 6) is -0.753. The van der Waals surface area contributed by atoms with Gasteiger partial charge >= 0.3 is 11.9 Å². The number of hydrogen-bond acceptors (Lipinski definition) is 8. The third-order valence-corrected chi connectivity index (χ3v) is 6.31. The Balaban J connectivity index is 1.65. The summed E-state index contributed by atoms with van der Waals surface area (Å²) in [5, 5.41) is 11.3. The fourth-order valence-corrected chi connectivity index (χ4v) is 4.45. The van der Waals surface area contributed by atoms with E-state index in [4.69, 9.17) is 19.3 Å². The van der Waals surface area contributed by atoms with Gasteiger partial charge in [-0.2, -0.15) is 0 Å². The van der Waals surface area contributed by atoms with Crippen molar-refractivity contribution in [3.63, 3.8) is 0 Å². The van der Waals surface area contributed by atoms with Crippen LogP contribution >= 0.6 is 0 Å². The van der Waals surface area contributed by atoms with Crippen molar-refractivity contribution in [2.45, 2.75) is 46.6 Å². The number of aromatic nitrogens is 1. The van der Waals surface area contributed by atoms with E-state index < -0.39 is 11.4 Å². The second-order valence-corrected chi connectivity index (χ2v) is 10.0. The quantitative estimate of drug-likeness (QED) is 0.335. The summed E-state index contributed by atoms with van der Waals surface area (Å²) in [6.07, 6.45) is 0. The highest BCUT2D eigenvalue weighted by Crippen LogP contribution is 2.34. The molecule has 1 amide bonds. The van der Waals surface area contributed by atoms with Crippen LogP contribution in [-0.2, 0) is 16.7 Å². The van der Waals surface area contributed by atoms with Crippen LogP contribution in [0, 0.1) is 5.41 Å². The number of Topliss-reactive ketones (excluding diaryl/α,β-unsaturated/α-hetero) is 1. The van der Waals surface area contributed by atoms with Crippen LogP contribution in [0.25, 0.3) is 11.1 Å². The predicted octanol–water partition coefficient (Wildman–Crippen LogP) is 4.08. The first kappa shape index (κ1) is 26.8.